The molecule has 0 fully saturated rings. The topological polar surface area (TPSA) is 0 Å². The predicted molar refractivity (Wildman–Crippen MR) is 87.1 cm³/mol. The number of unbranched alkanes of at least 4 members (excludes halogenated alkanes) is 4. The molecule has 0 aromatic heterocycles. The highest BCUT2D eigenvalue weighted by atomic mass is 14.1. The molecule has 0 bridgehead atoms. The van der Waals surface area contributed by atoms with Crippen LogP contribution in [0.2, 0.25) is 0 Å². The summed E-state index contributed by atoms with van der Waals surface area (Å²) in [5, 5.41) is 0. The summed E-state index contributed by atoms with van der Waals surface area (Å²) in [5.41, 5.74) is 0. The zero-order valence-electron chi connectivity index (χ0n) is 14.4. The second-order valence-electron chi connectivity index (χ2n) is 6.61. The normalized spacial score (nSPS) is 12.5. The van der Waals surface area contributed by atoms with Crippen LogP contribution in [0.4, 0.5) is 0 Å². The molecule has 0 heteroatoms. The molecule has 0 saturated carbocycles. The quantitative estimate of drug-likeness (QED) is 0.387. The van der Waals surface area contributed by atoms with E-state index in [0.29, 0.717) is 0 Å². The van der Waals surface area contributed by atoms with Crippen molar-refractivity contribution in [1.29, 1.82) is 0 Å². The van der Waals surface area contributed by atoms with Gasteiger partial charge >= 0.3 is 0 Å². The van der Waals surface area contributed by atoms with Crippen LogP contribution in [0.25, 0.3) is 0 Å². The van der Waals surface area contributed by atoms with Gasteiger partial charge in [-0.05, 0) is 17.8 Å². The lowest BCUT2D eigenvalue weighted by Gasteiger charge is -2.13. The van der Waals surface area contributed by atoms with Gasteiger partial charge in [-0.3, -0.25) is 0 Å². The van der Waals surface area contributed by atoms with E-state index in [-0.39, 0.29) is 0 Å². The first-order valence-corrected chi connectivity index (χ1v) is 8.45. The molecule has 0 radical (unpaired) electrons. The predicted octanol–water partition coefficient (Wildman–Crippen LogP) is 7.08. The third-order valence-corrected chi connectivity index (χ3v) is 3.79. The molecule has 18 heavy (non-hydrogen) atoms. The van der Waals surface area contributed by atoms with Gasteiger partial charge in [-0.2, -0.15) is 0 Å². The fourth-order valence-electron chi connectivity index (χ4n) is 1.84. The van der Waals surface area contributed by atoms with Crippen molar-refractivity contribution in [3.63, 3.8) is 0 Å². The fraction of sp³-hybridized carbons (Fsp3) is 1.00. The lowest BCUT2D eigenvalue weighted by molar-refractivity contribution is 0.381. The first-order valence-electron chi connectivity index (χ1n) is 8.45. The molecule has 0 aliphatic carbocycles. The molecule has 0 amide bonds. The van der Waals surface area contributed by atoms with Gasteiger partial charge < -0.3 is 0 Å². The number of rotatable bonds is 9. The van der Waals surface area contributed by atoms with Crippen LogP contribution in [0.1, 0.15) is 99.8 Å². The van der Waals surface area contributed by atoms with E-state index in [9.17, 15) is 0 Å². The smallest absolute Gasteiger partial charge is 0.0420 e. The molecule has 0 N–H and O–H groups in total. The highest BCUT2D eigenvalue weighted by Gasteiger charge is 2.04. The Morgan fingerprint density at radius 3 is 1.56 bits per heavy atom. The van der Waals surface area contributed by atoms with Gasteiger partial charge in [0.05, 0.1) is 0 Å². The summed E-state index contributed by atoms with van der Waals surface area (Å²) in [5.74, 6) is 2.70. The maximum absolute atomic E-state index is 2.35. The zero-order valence-corrected chi connectivity index (χ0v) is 14.4. The lowest BCUT2D eigenvalue weighted by Crippen LogP contribution is -2.02. The summed E-state index contributed by atoms with van der Waals surface area (Å²) in [6.07, 6.45) is 11.2. The Labute approximate surface area is 118 Å². The van der Waals surface area contributed by atoms with E-state index >= 15 is 0 Å². The van der Waals surface area contributed by atoms with Crippen molar-refractivity contribution in [2.45, 2.75) is 99.8 Å². The Morgan fingerprint density at radius 2 is 1.17 bits per heavy atom. The molecule has 0 saturated heterocycles. The van der Waals surface area contributed by atoms with Crippen LogP contribution in [-0.2, 0) is 0 Å². The average Bonchev–Trinajstić information content (AvgIpc) is 2.32. The van der Waals surface area contributed by atoms with Crippen molar-refractivity contribution < 1.29 is 0 Å². The molecule has 1 atom stereocenters. The van der Waals surface area contributed by atoms with Crippen molar-refractivity contribution in [2.24, 2.45) is 17.8 Å². The summed E-state index contributed by atoms with van der Waals surface area (Å²) in [7, 11) is 0. The first-order chi connectivity index (χ1) is 8.45. The Morgan fingerprint density at radius 1 is 0.611 bits per heavy atom. The van der Waals surface area contributed by atoms with Crippen molar-refractivity contribution >= 4 is 0 Å². The van der Waals surface area contributed by atoms with E-state index in [2.05, 4.69) is 48.5 Å². The molecule has 112 valence electrons. The van der Waals surface area contributed by atoms with Crippen molar-refractivity contribution in [3.8, 4) is 0 Å². The second kappa shape index (κ2) is 15.1. The Hall–Kier alpha value is 0. The zero-order chi connectivity index (χ0) is 14.4. The van der Waals surface area contributed by atoms with Gasteiger partial charge in [0.1, 0.15) is 0 Å². The van der Waals surface area contributed by atoms with Gasteiger partial charge in [-0.1, -0.05) is 99.8 Å². The number of hydrogen-bond donors (Lipinski definition) is 0. The summed E-state index contributed by atoms with van der Waals surface area (Å²) in [4.78, 5) is 0. The first kappa shape index (κ1) is 20.3. The summed E-state index contributed by atoms with van der Waals surface area (Å²) < 4.78 is 0. The molecule has 0 rings (SSSR count). The van der Waals surface area contributed by atoms with Gasteiger partial charge in [0.15, 0.2) is 0 Å². The molecule has 0 aromatic rings. The van der Waals surface area contributed by atoms with E-state index < -0.39 is 0 Å². The summed E-state index contributed by atoms with van der Waals surface area (Å²) in [6.45, 7) is 16.1. The van der Waals surface area contributed by atoms with Gasteiger partial charge in [-0.15, -0.1) is 0 Å². The van der Waals surface area contributed by atoms with Crippen LogP contribution in [-0.4, -0.2) is 0 Å². The van der Waals surface area contributed by atoms with Gasteiger partial charge in [-0.25, -0.2) is 0 Å². The largest absolute Gasteiger partial charge is 0.0654 e. The standard InChI is InChI=1S/2C9H20/c1-5-6-7-9(4)8(2)3;1-4-5-6-7-8-9(2)3/h8-9H,5-7H2,1-4H3;9H,4-8H2,1-3H3. The minimum atomic E-state index is 0.872. The lowest BCUT2D eigenvalue weighted by atomic mass is 9.93. The third kappa shape index (κ3) is 18.4. The minimum Gasteiger partial charge on any atom is -0.0654 e. The number of hydrogen-bond acceptors (Lipinski definition) is 0. The van der Waals surface area contributed by atoms with Crippen LogP contribution < -0.4 is 0 Å². The molecule has 1 unspecified atom stereocenters. The molecular formula is C18H40. The third-order valence-electron chi connectivity index (χ3n) is 3.79. The highest BCUT2D eigenvalue weighted by molar-refractivity contribution is 4.55. The Bertz CT molecular complexity index is 135. The maximum Gasteiger partial charge on any atom is -0.0420 e. The Balaban J connectivity index is 0. The summed E-state index contributed by atoms with van der Waals surface area (Å²) >= 11 is 0. The van der Waals surface area contributed by atoms with E-state index in [1.54, 1.807) is 0 Å². The fourth-order valence-corrected chi connectivity index (χ4v) is 1.84. The summed E-state index contributed by atoms with van der Waals surface area (Å²) in [6, 6.07) is 0. The second-order valence-corrected chi connectivity index (χ2v) is 6.61. The maximum atomic E-state index is 2.35. The van der Waals surface area contributed by atoms with Gasteiger partial charge in [0.25, 0.3) is 0 Å². The molecule has 0 aromatic carbocycles. The molecule has 0 aliphatic heterocycles. The van der Waals surface area contributed by atoms with E-state index in [0.717, 1.165) is 17.8 Å². The van der Waals surface area contributed by atoms with E-state index in [1.807, 2.05) is 0 Å². The monoisotopic (exact) mass is 256 g/mol. The molecule has 0 heterocycles. The molecule has 0 nitrogen and oxygen atoms in total. The Kier molecular flexibility index (Phi) is 17.0. The SMILES string of the molecule is CCCCC(C)C(C)C.CCCCCCC(C)C. The van der Waals surface area contributed by atoms with Crippen molar-refractivity contribution in [3.05, 3.63) is 0 Å². The minimum absolute atomic E-state index is 0.872. The molecule has 0 aliphatic rings. The van der Waals surface area contributed by atoms with Crippen LogP contribution in [0, 0.1) is 17.8 Å². The molecule has 0 spiro atoms. The van der Waals surface area contributed by atoms with Gasteiger partial charge in [0, 0.05) is 0 Å². The van der Waals surface area contributed by atoms with Gasteiger partial charge in [0.2, 0.25) is 0 Å². The van der Waals surface area contributed by atoms with Crippen LogP contribution in [0.15, 0.2) is 0 Å². The van der Waals surface area contributed by atoms with Crippen molar-refractivity contribution in [1.82, 2.24) is 0 Å². The molecular weight excluding hydrogens is 216 g/mol. The van der Waals surface area contributed by atoms with Crippen LogP contribution >= 0.6 is 0 Å². The average molecular weight is 257 g/mol. The highest BCUT2D eigenvalue weighted by Crippen LogP contribution is 2.16. The van der Waals surface area contributed by atoms with E-state index in [4.69, 9.17) is 0 Å². The van der Waals surface area contributed by atoms with Crippen LogP contribution in [0.3, 0.4) is 0 Å². The van der Waals surface area contributed by atoms with Crippen molar-refractivity contribution in [2.75, 3.05) is 0 Å². The van der Waals surface area contributed by atoms with Crippen LogP contribution in [0.5, 0.6) is 0 Å². The van der Waals surface area contributed by atoms with E-state index in [1.165, 1.54) is 51.4 Å².